The lowest BCUT2D eigenvalue weighted by atomic mass is 9.89. The molecular weight excluding hydrogens is 1990 g/mol. The summed E-state index contributed by atoms with van der Waals surface area (Å²) in [6, 6.07) is 4.82. The molecule has 18 rings (SSSR count). The van der Waals surface area contributed by atoms with E-state index in [2.05, 4.69) is 37.2 Å². The molecule has 147 heavy (non-hydrogen) atoms. The number of amides is 6. The summed E-state index contributed by atoms with van der Waals surface area (Å²) < 4.78 is 87.9. The molecule has 796 valence electrons. The smallest absolute Gasteiger partial charge is 0.330 e. The van der Waals surface area contributed by atoms with Crippen molar-refractivity contribution in [2.24, 2.45) is 11.5 Å². The van der Waals surface area contributed by atoms with Gasteiger partial charge in [-0.25, -0.2) is 4.79 Å². The summed E-state index contributed by atoms with van der Waals surface area (Å²) in [5.41, 5.74) is 9.28. The molecule has 7 aromatic rings. The highest BCUT2D eigenvalue weighted by molar-refractivity contribution is 6.32. The van der Waals surface area contributed by atoms with Gasteiger partial charge in [-0.2, -0.15) is 0 Å². The second-order valence-electron chi connectivity index (χ2n) is 36.8. The van der Waals surface area contributed by atoms with E-state index in [0.29, 0.717) is 0 Å². The zero-order valence-electron chi connectivity index (χ0n) is 77.9. The van der Waals surface area contributed by atoms with Crippen LogP contribution in [0.4, 0.5) is 0 Å². The van der Waals surface area contributed by atoms with Crippen LogP contribution < -0.4 is 67.6 Å². The number of halogens is 2. The summed E-state index contributed by atoms with van der Waals surface area (Å²) in [5.74, 6) is -16.7. The number of carboxylic acids is 1. The number of nitrogens with two attached hydrogens (primary N) is 2. The van der Waals surface area contributed by atoms with Crippen LogP contribution >= 0.6 is 23.2 Å². The molecule has 0 aromatic heterocycles. The number of likely N-dealkylation sites (N-methyl/N-ethyl adjacent to an activating group) is 1. The predicted octanol–water partition coefficient (Wildman–Crippen LogP) is -4.05. The van der Waals surface area contributed by atoms with E-state index in [9.17, 15) is 107 Å². The molecule has 11 heterocycles. The predicted molar refractivity (Wildman–Crippen MR) is 494 cm³/mol. The van der Waals surface area contributed by atoms with E-state index in [1.165, 1.54) is 82.4 Å². The maximum Gasteiger partial charge on any atom is 0.330 e. The largest absolute Gasteiger partial charge is 0.508 e. The van der Waals surface area contributed by atoms with E-state index < -0.39 is 377 Å². The molecule has 6 fully saturated rings. The van der Waals surface area contributed by atoms with E-state index in [4.69, 9.17) is 101 Å². The van der Waals surface area contributed by atoms with Gasteiger partial charge in [-0.1, -0.05) is 65.7 Å². The Kier molecular flexibility index (Phi) is 33.4. The Balaban J connectivity index is 0.870. The van der Waals surface area contributed by atoms with Gasteiger partial charge < -0.3 is 217 Å². The van der Waals surface area contributed by atoms with Crippen LogP contribution in [0.1, 0.15) is 115 Å². The van der Waals surface area contributed by atoms with Crippen LogP contribution in [0.3, 0.4) is 0 Å². The van der Waals surface area contributed by atoms with Crippen LogP contribution in [0.15, 0.2) is 127 Å². The molecule has 0 spiro atoms. The van der Waals surface area contributed by atoms with E-state index in [1.807, 2.05) is 0 Å². The molecule has 7 aromatic carbocycles. The van der Waals surface area contributed by atoms with Gasteiger partial charge in [0, 0.05) is 47.7 Å². The number of ether oxygens (including phenoxy) is 14. The van der Waals surface area contributed by atoms with Crippen LogP contribution in [0, 0.1) is 0 Å². The molecule has 6 saturated heterocycles. The fraction of sp³-hybridized carbons (Fsp3) is 0.484. The minimum atomic E-state index is -2.52. The average Bonchev–Trinajstić information content (AvgIpc) is 0.763. The second kappa shape index (κ2) is 45.2. The topological polar surface area (TPSA) is 790 Å². The zero-order chi connectivity index (χ0) is 106. The first kappa shape index (κ1) is 108. The summed E-state index contributed by atoms with van der Waals surface area (Å²) in [6.45, 7) is 1.32. The molecule has 0 unspecified atom stereocenters. The van der Waals surface area contributed by atoms with Crippen LogP contribution in [-0.2, 0) is 80.9 Å². The van der Waals surface area contributed by atoms with Crippen LogP contribution in [0.5, 0.6) is 57.5 Å². The number of hydrogen-bond donors (Lipinski definition) is 29. The average molecular weight is 2110 g/mol. The molecule has 31 N–H and O–H groups in total. The van der Waals surface area contributed by atoms with Crippen molar-refractivity contribution in [3.8, 4) is 68.6 Å². The van der Waals surface area contributed by atoms with Crippen LogP contribution in [0.2, 0.25) is 10.0 Å². The third-order valence-electron chi connectivity index (χ3n) is 26.9. The lowest BCUT2D eigenvalue weighted by Crippen LogP contribution is -2.64. The normalized spacial score (nSPS) is 35.5. The lowest BCUT2D eigenvalue weighted by Gasteiger charge is -2.45. The summed E-state index contributed by atoms with van der Waals surface area (Å²) in [7, 11) is 1.30. The number of carbonyl (C=O) groups excluding carboxylic acids is 6. The number of hydrogen-bond acceptors (Lipinski definition) is 43. The Morgan fingerprint density at radius 1 is 0.442 bits per heavy atom. The number of carbonyl (C=O) groups is 7. The van der Waals surface area contributed by atoms with Crippen LogP contribution in [-0.4, -0.2) is 354 Å². The zero-order valence-corrected chi connectivity index (χ0v) is 79.5. The van der Waals surface area contributed by atoms with Gasteiger partial charge in [0.15, 0.2) is 48.8 Å². The summed E-state index contributed by atoms with van der Waals surface area (Å²) >= 11 is 14.2. The molecular formula is C95H111Cl2N9O41. The van der Waals surface area contributed by atoms with Gasteiger partial charge in [-0.3, -0.25) is 28.8 Å². The number of benzene rings is 7. The Morgan fingerprint density at radius 3 is 1.52 bits per heavy atom. The van der Waals surface area contributed by atoms with Gasteiger partial charge in [0.25, 0.3) is 0 Å². The Morgan fingerprint density at radius 2 is 0.952 bits per heavy atom. The lowest BCUT2D eigenvalue weighted by molar-refractivity contribution is -0.348. The molecule has 0 radical (unpaired) electrons. The summed E-state index contributed by atoms with van der Waals surface area (Å²) in [5, 5.41) is 241. The van der Waals surface area contributed by atoms with E-state index in [1.54, 1.807) is 0 Å². The van der Waals surface area contributed by atoms with Crippen LogP contribution in [0.25, 0.3) is 11.1 Å². The monoisotopic (exact) mass is 2100 g/mol. The number of aliphatic hydroxyl groups excluding tert-OH is 15. The van der Waals surface area contributed by atoms with Crippen molar-refractivity contribution in [1.82, 2.24) is 37.2 Å². The van der Waals surface area contributed by atoms with Crippen molar-refractivity contribution in [1.29, 1.82) is 0 Å². The number of phenolic OH excluding ortho intramolecular Hbond substituents is 4. The number of aromatic hydroxyl groups is 4. The highest BCUT2D eigenvalue weighted by Crippen LogP contribution is 2.51. The molecule has 37 atom stereocenters. The SMILES string of the molecule is CN[C@@H](C(=O)N[C@@H]1C(=O)N[C@H](c2ccc(O)c(Cl)c2)C(=O)N[C@@H]2C(=O)N[C@@H]3C(=O)N[C@H](C(=O)N[C@@H](C(=O)O)c4cc(O)cc(O)c4-c4cc3ccc4O)[C@@H](O[C@@H]3C[C@@H](N)[C@@H](O)[C@H](C)O3)c3ccc(c(Cl)c3)Oc3cc2cc(c3O[C@@H]2O[C@@H](CO)[C@H](O)[C@@H](O)[C@@H]2O[C@@H]2C[C@@H](N)[C@@H](O)[C@@H](C)O2)Oc2ccc(cc2)[C@H]1O[C@H]1O[C@@H](CO)[C@H](O)[C@H](O)[C@H]1O)c1ccc(O[C@@H]2O[C@H](C)[C@H](O[C@@H]3O[C@H](CO)[C@@H](O)[C@H](O)[C@H]3O)[C@@H](O)[C@H]2O)cc1. The first-order valence-corrected chi connectivity index (χ1v) is 47.2. The molecule has 0 aliphatic carbocycles. The maximum atomic E-state index is 17.0. The molecule has 0 saturated carbocycles. The van der Waals surface area contributed by atoms with Gasteiger partial charge >= 0.3 is 5.97 Å². The fourth-order valence-electron chi connectivity index (χ4n) is 18.8. The van der Waals surface area contributed by atoms with Gasteiger partial charge in [0.05, 0.1) is 60.4 Å². The quantitative estimate of drug-likeness (QED) is 0.0326. The van der Waals surface area contributed by atoms with Gasteiger partial charge in [0.2, 0.25) is 53.8 Å². The molecule has 11 bridgehead atoms. The minimum absolute atomic E-state index is 0.0358. The fourth-order valence-corrected chi connectivity index (χ4v) is 19.2. The second-order valence-corrected chi connectivity index (χ2v) is 37.6. The number of nitrogens with one attached hydrogen (secondary N) is 7. The molecule has 11 aliphatic rings. The van der Waals surface area contributed by atoms with Crippen molar-refractivity contribution in [2.75, 3.05) is 26.9 Å². The van der Waals surface area contributed by atoms with Gasteiger partial charge in [-0.05, 0) is 140 Å². The van der Waals surface area contributed by atoms with Gasteiger partial charge in [0.1, 0.15) is 174 Å². The van der Waals surface area contributed by atoms with E-state index in [0.717, 1.165) is 72.8 Å². The number of rotatable bonds is 21. The third-order valence-corrected chi connectivity index (χ3v) is 27.5. The molecule has 11 aliphatic heterocycles. The number of carboxylic acid groups (broad SMARTS) is 1. The molecule has 50 nitrogen and oxygen atoms in total. The highest BCUT2D eigenvalue weighted by Gasteiger charge is 2.55. The molecule has 52 heteroatoms. The summed E-state index contributed by atoms with van der Waals surface area (Å²) in [4.78, 5) is 112. The first-order valence-electron chi connectivity index (χ1n) is 46.5. The van der Waals surface area contributed by atoms with E-state index >= 15 is 28.8 Å². The Hall–Kier alpha value is -11.3. The van der Waals surface area contributed by atoms with Crippen molar-refractivity contribution < 1.29 is 202 Å². The standard InChI is InChI=1S/C95H111Cl2N9O41/c1-31-68(114)47(98)26-58(134-31)143-82-38-11-18-52(46(97)21-38)139-54-23-39-22-53(83(54)147-95-84(75(121)72(118)57(30-109)142-95)144-59-27-48(99)69(115)32(2)135-59)137-41-14-7-35(8-15-41)81(146-94-78(124)74(120)71(117)56(29-108)141-94)66(105-85(126)61(100-4)34-5-12-42(13-6-34)138-92-79(125)76(122)80(33(3)136-92)145-93-77(123)73(119)70(116)55(28-107)140-93)89(130)102-63(37-10-17-50(112)45(96)20-37)86(127)103-64(39)88(129)101-62-36-9-16-49(111)43(19-36)60-44(24-40(110)25-51(60)113)65(91(132)133)104-90(131)67(82)106-87(62)128/h5-25,31-33,47-48,55-59,61-82,84,92-95,100,107-125H,26-30,98-99H2,1-4H3,(H,101,129)(H,102,130)(H,103,127)(H,104,131)(H,105,126)(H,106,128)(H,132,133)/t31-,32+,33+,47+,48+,55+,56-,57-,58+,59+,61+,62-,63+,64-,65+,66-,67-,68-,69-,70+,71-,72-,73-,74-,75+,76-,77+,78+,79+,80-,81+,82-,84-,92-,93-,94+,95-/m0/s1. The Labute approximate surface area is 843 Å². The first-order chi connectivity index (χ1) is 69.9. The molecule has 6 amide bonds. The number of phenols is 4. The van der Waals surface area contributed by atoms with E-state index in [-0.39, 0.29) is 41.0 Å². The number of aliphatic carboxylic acids is 1. The van der Waals surface area contributed by atoms with Crippen molar-refractivity contribution in [3.63, 3.8) is 0 Å². The van der Waals surface area contributed by atoms with Crippen molar-refractivity contribution in [2.45, 2.75) is 260 Å². The Bertz CT molecular complexity index is 5930. The number of fused-ring (bicyclic) bond motifs is 15. The third kappa shape index (κ3) is 22.6. The number of aliphatic hydroxyl groups is 15. The highest BCUT2D eigenvalue weighted by atomic mass is 35.5. The van der Waals surface area contributed by atoms with Crippen molar-refractivity contribution in [3.05, 3.63) is 176 Å². The summed E-state index contributed by atoms with van der Waals surface area (Å²) in [6.07, 6.45) is -50.4. The minimum Gasteiger partial charge on any atom is -0.508 e. The van der Waals surface area contributed by atoms with Gasteiger partial charge in [-0.15, -0.1) is 0 Å². The van der Waals surface area contributed by atoms with Crippen molar-refractivity contribution >= 4 is 64.6 Å². The maximum absolute atomic E-state index is 17.0.